The first-order valence-electron chi connectivity index (χ1n) is 5.65. The Morgan fingerprint density at radius 2 is 2.33 bits per heavy atom. The van der Waals surface area contributed by atoms with Gasteiger partial charge in [-0.1, -0.05) is 0 Å². The predicted molar refractivity (Wildman–Crippen MR) is 72.7 cm³/mol. The molecule has 18 heavy (non-hydrogen) atoms. The number of hydrogen-bond donors (Lipinski definition) is 2. The van der Waals surface area contributed by atoms with Crippen molar-refractivity contribution in [1.29, 1.82) is 0 Å². The third kappa shape index (κ3) is 3.92. The highest BCUT2D eigenvalue weighted by Crippen LogP contribution is 2.30. The van der Waals surface area contributed by atoms with Crippen molar-refractivity contribution < 1.29 is 10.0 Å². The molecular weight excluding hydrogens is 302 g/mol. The van der Waals surface area contributed by atoms with Gasteiger partial charge in [0, 0.05) is 12.1 Å². The van der Waals surface area contributed by atoms with Gasteiger partial charge in [-0.3, -0.25) is 10.1 Å². The molecule has 7 heteroatoms. The largest absolute Gasteiger partial charge is 0.393 e. The van der Waals surface area contributed by atoms with E-state index in [1.54, 1.807) is 13.8 Å². The van der Waals surface area contributed by atoms with Gasteiger partial charge < -0.3 is 10.4 Å². The van der Waals surface area contributed by atoms with Crippen LogP contribution in [0.1, 0.15) is 25.3 Å². The number of rotatable bonds is 6. The zero-order valence-corrected chi connectivity index (χ0v) is 11.9. The van der Waals surface area contributed by atoms with E-state index in [1.165, 1.54) is 6.20 Å². The van der Waals surface area contributed by atoms with E-state index in [0.29, 0.717) is 28.8 Å². The first-order chi connectivity index (χ1) is 8.43. The summed E-state index contributed by atoms with van der Waals surface area (Å²) in [5.41, 5.74) is 0.546. The van der Waals surface area contributed by atoms with Crippen LogP contribution >= 0.6 is 15.9 Å². The molecule has 1 atom stereocenters. The van der Waals surface area contributed by atoms with Gasteiger partial charge in [0.05, 0.1) is 15.5 Å². The van der Waals surface area contributed by atoms with Crippen molar-refractivity contribution >= 4 is 27.4 Å². The Morgan fingerprint density at radius 1 is 1.67 bits per heavy atom. The van der Waals surface area contributed by atoms with E-state index < -0.39 is 4.92 Å². The van der Waals surface area contributed by atoms with Gasteiger partial charge in [-0.05, 0) is 42.6 Å². The lowest BCUT2D eigenvalue weighted by Gasteiger charge is -2.10. The highest BCUT2D eigenvalue weighted by molar-refractivity contribution is 9.10. The van der Waals surface area contributed by atoms with Crippen LogP contribution in [0.2, 0.25) is 0 Å². The summed E-state index contributed by atoms with van der Waals surface area (Å²) in [5.74, 6) is 0.587. The highest BCUT2D eigenvalue weighted by Gasteiger charge is 2.16. The van der Waals surface area contributed by atoms with Crippen LogP contribution in [0, 0.1) is 17.0 Å². The second-order valence-corrected chi connectivity index (χ2v) is 4.90. The Hall–Kier alpha value is -1.21. The fourth-order valence-corrected chi connectivity index (χ4v) is 1.93. The fourth-order valence-electron chi connectivity index (χ4n) is 1.48. The summed E-state index contributed by atoms with van der Waals surface area (Å²) in [6.07, 6.45) is 2.44. The predicted octanol–water partition coefficient (Wildman–Crippen LogP) is 2.63. The van der Waals surface area contributed by atoms with E-state index in [0.717, 1.165) is 6.42 Å². The quantitative estimate of drug-likeness (QED) is 0.478. The maximum absolute atomic E-state index is 10.7. The minimum atomic E-state index is -0.454. The molecule has 1 aromatic heterocycles. The molecule has 0 saturated heterocycles. The van der Waals surface area contributed by atoms with Gasteiger partial charge in [0.2, 0.25) is 0 Å². The topological polar surface area (TPSA) is 88.3 Å². The van der Waals surface area contributed by atoms with E-state index in [9.17, 15) is 10.1 Å². The van der Waals surface area contributed by atoms with Crippen LogP contribution in [-0.4, -0.2) is 27.7 Å². The SMILES string of the molecule is Cc1c([N+](=O)[O-])cnc(NCCCC(C)O)c1Br. The molecule has 100 valence electrons. The molecule has 0 aromatic carbocycles. The Kier molecular flexibility index (Phi) is 5.49. The number of aromatic nitrogens is 1. The van der Waals surface area contributed by atoms with Crippen molar-refractivity contribution in [3.63, 3.8) is 0 Å². The molecule has 0 saturated carbocycles. The van der Waals surface area contributed by atoms with Gasteiger partial charge in [-0.2, -0.15) is 0 Å². The van der Waals surface area contributed by atoms with E-state index in [4.69, 9.17) is 5.11 Å². The minimum Gasteiger partial charge on any atom is -0.393 e. The lowest BCUT2D eigenvalue weighted by atomic mass is 10.2. The van der Waals surface area contributed by atoms with E-state index in [-0.39, 0.29) is 11.8 Å². The van der Waals surface area contributed by atoms with Gasteiger partial charge in [-0.15, -0.1) is 0 Å². The Bertz CT molecular complexity index is 438. The average molecular weight is 318 g/mol. The lowest BCUT2D eigenvalue weighted by Crippen LogP contribution is -2.08. The van der Waals surface area contributed by atoms with Crippen molar-refractivity contribution in [2.45, 2.75) is 32.8 Å². The molecule has 0 radical (unpaired) electrons. The van der Waals surface area contributed by atoms with Crippen molar-refractivity contribution in [1.82, 2.24) is 4.98 Å². The Balaban J connectivity index is 2.68. The average Bonchev–Trinajstić information content (AvgIpc) is 2.29. The molecule has 0 fully saturated rings. The van der Waals surface area contributed by atoms with Crippen molar-refractivity contribution in [3.8, 4) is 0 Å². The molecule has 0 amide bonds. The molecule has 0 spiro atoms. The van der Waals surface area contributed by atoms with Crippen molar-refractivity contribution in [2.24, 2.45) is 0 Å². The molecule has 0 aliphatic rings. The third-order valence-electron chi connectivity index (χ3n) is 2.53. The van der Waals surface area contributed by atoms with E-state index in [2.05, 4.69) is 26.2 Å². The first-order valence-corrected chi connectivity index (χ1v) is 6.44. The minimum absolute atomic E-state index is 0.00333. The zero-order valence-electron chi connectivity index (χ0n) is 10.3. The van der Waals surface area contributed by atoms with Crippen molar-refractivity contribution in [3.05, 3.63) is 26.3 Å². The number of hydrogen-bond acceptors (Lipinski definition) is 5. The fraction of sp³-hybridized carbons (Fsp3) is 0.545. The lowest BCUT2D eigenvalue weighted by molar-refractivity contribution is -0.385. The molecule has 6 nitrogen and oxygen atoms in total. The van der Waals surface area contributed by atoms with Gasteiger partial charge >= 0.3 is 0 Å². The summed E-state index contributed by atoms with van der Waals surface area (Å²) in [6, 6.07) is 0. The van der Waals surface area contributed by atoms with Crippen LogP contribution < -0.4 is 5.32 Å². The van der Waals surface area contributed by atoms with Gasteiger partial charge in [0.25, 0.3) is 5.69 Å². The number of anilines is 1. The summed E-state index contributed by atoms with van der Waals surface area (Å²) in [6.45, 7) is 4.07. The number of nitrogens with one attached hydrogen (secondary N) is 1. The maximum Gasteiger partial charge on any atom is 0.291 e. The summed E-state index contributed by atoms with van der Waals surface area (Å²) in [7, 11) is 0. The maximum atomic E-state index is 10.7. The normalized spacial score (nSPS) is 12.2. The monoisotopic (exact) mass is 317 g/mol. The van der Waals surface area contributed by atoms with Crippen LogP contribution in [0.5, 0.6) is 0 Å². The Morgan fingerprint density at radius 3 is 2.89 bits per heavy atom. The summed E-state index contributed by atoms with van der Waals surface area (Å²) < 4.78 is 0.605. The molecule has 1 aromatic rings. The number of pyridine rings is 1. The number of aliphatic hydroxyl groups is 1. The van der Waals surface area contributed by atoms with Gasteiger partial charge in [0.1, 0.15) is 12.0 Å². The van der Waals surface area contributed by atoms with Crippen LogP contribution in [0.15, 0.2) is 10.7 Å². The van der Waals surface area contributed by atoms with E-state index >= 15 is 0 Å². The third-order valence-corrected chi connectivity index (χ3v) is 3.50. The summed E-state index contributed by atoms with van der Waals surface area (Å²) in [5, 5.41) is 22.9. The molecule has 0 aliphatic carbocycles. The Labute approximate surface area is 114 Å². The first kappa shape index (κ1) is 14.8. The number of halogens is 1. The van der Waals surface area contributed by atoms with Crippen LogP contribution in [-0.2, 0) is 0 Å². The standard InChI is InChI=1S/C11H16BrN3O3/c1-7(16)4-3-5-13-11-10(12)8(2)9(6-14-11)15(17)18/h6-7,16H,3-5H2,1-2H3,(H,13,14). The molecule has 1 unspecified atom stereocenters. The second kappa shape index (κ2) is 6.65. The molecule has 0 aliphatic heterocycles. The highest BCUT2D eigenvalue weighted by atomic mass is 79.9. The van der Waals surface area contributed by atoms with Crippen molar-refractivity contribution in [2.75, 3.05) is 11.9 Å². The number of aliphatic hydroxyl groups excluding tert-OH is 1. The van der Waals surface area contributed by atoms with Crippen LogP contribution in [0.3, 0.4) is 0 Å². The molecular formula is C11H16BrN3O3. The van der Waals surface area contributed by atoms with Gasteiger partial charge in [-0.25, -0.2) is 4.98 Å². The smallest absolute Gasteiger partial charge is 0.291 e. The molecule has 1 heterocycles. The van der Waals surface area contributed by atoms with Crippen LogP contribution in [0.4, 0.5) is 11.5 Å². The number of nitro groups is 1. The number of nitrogens with zero attached hydrogens (tertiary/aromatic N) is 2. The van der Waals surface area contributed by atoms with E-state index in [1.807, 2.05) is 0 Å². The van der Waals surface area contributed by atoms with Crippen LogP contribution in [0.25, 0.3) is 0 Å². The molecule has 1 rings (SSSR count). The van der Waals surface area contributed by atoms with Gasteiger partial charge in [0.15, 0.2) is 0 Å². The zero-order chi connectivity index (χ0) is 13.7. The second-order valence-electron chi connectivity index (χ2n) is 4.11. The molecule has 0 bridgehead atoms. The summed E-state index contributed by atoms with van der Waals surface area (Å²) in [4.78, 5) is 14.3. The molecule has 2 N–H and O–H groups in total. The summed E-state index contributed by atoms with van der Waals surface area (Å²) >= 11 is 3.30.